The van der Waals surface area contributed by atoms with Gasteiger partial charge in [0.25, 0.3) is 0 Å². The lowest BCUT2D eigenvalue weighted by Crippen LogP contribution is -1.95. The highest BCUT2D eigenvalue weighted by Crippen LogP contribution is 2.55. The molecule has 0 unspecified atom stereocenters. The monoisotopic (exact) mass is 275 g/mol. The number of hydrogen-bond donors (Lipinski definition) is 0. The second-order valence-electron chi connectivity index (χ2n) is 6.37. The van der Waals surface area contributed by atoms with Crippen molar-refractivity contribution in [1.29, 1.82) is 0 Å². The Bertz CT molecular complexity index is 799. The molecule has 21 heavy (non-hydrogen) atoms. The Morgan fingerprint density at radius 1 is 0.905 bits per heavy atom. The van der Waals surface area contributed by atoms with Gasteiger partial charge in [-0.1, -0.05) is 24.3 Å². The average Bonchev–Trinajstić information content (AvgIpc) is 3.44. The van der Waals surface area contributed by atoms with E-state index in [1.807, 2.05) is 23.1 Å². The Hall–Kier alpha value is -2.16. The molecular formula is C18H17N3. The number of aromatic nitrogens is 3. The second-order valence-corrected chi connectivity index (χ2v) is 6.37. The Labute approximate surface area is 123 Å². The summed E-state index contributed by atoms with van der Waals surface area (Å²) in [6.07, 6.45) is 9.61. The summed E-state index contributed by atoms with van der Waals surface area (Å²) >= 11 is 0. The van der Waals surface area contributed by atoms with Gasteiger partial charge in [-0.15, -0.1) is 0 Å². The van der Waals surface area contributed by atoms with Crippen molar-refractivity contribution in [3.05, 3.63) is 65.6 Å². The first-order chi connectivity index (χ1) is 10.4. The number of fused-ring (bicyclic) bond motifs is 1. The van der Waals surface area contributed by atoms with Crippen LogP contribution in [0.3, 0.4) is 0 Å². The smallest absolute Gasteiger partial charge is 0.156 e. The molecule has 3 aromatic rings. The Morgan fingerprint density at radius 2 is 1.71 bits per heavy atom. The van der Waals surface area contributed by atoms with E-state index in [4.69, 9.17) is 0 Å². The van der Waals surface area contributed by atoms with Gasteiger partial charge in [0.2, 0.25) is 0 Å². The zero-order valence-corrected chi connectivity index (χ0v) is 11.8. The van der Waals surface area contributed by atoms with Crippen LogP contribution in [0.4, 0.5) is 0 Å². The predicted molar refractivity (Wildman–Crippen MR) is 81.5 cm³/mol. The number of benzene rings is 1. The zero-order chi connectivity index (χ0) is 13.8. The molecule has 2 heterocycles. The third-order valence-electron chi connectivity index (χ3n) is 4.93. The Morgan fingerprint density at radius 3 is 2.52 bits per heavy atom. The first-order valence-corrected chi connectivity index (χ1v) is 7.78. The van der Waals surface area contributed by atoms with Crippen LogP contribution in [0, 0.1) is 0 Å². The molecule has 0 bridgehead atoms. The van der Waals surface area contributed by atoms with E-state index in [-0.39, 0.29) is 0 Å². The summed E-state index contributed by atoms with van der Waals surface area (Å²) in [6.45, 7) is 0. The maximum atomic E-state index is 4.45. The van der Waals surface area contributed by atoms with Crippen molar-refractivity contribution in [1.82, 2.24) is 14.6 Å². The maximum Gasteiger partial charge on any atom is 0.156 e. The van der Waals surface area contributed by atoms with E-state index in [1.54, 1.807) is 0 Å². The van der Waals surface area contributed by atoms with E-state index in [9.17, 15) is 0 Å². The van der Waals surface area contributed by atoms with E-state index in [0.29, 0.717) is 11.8 Å². The second kappa shape index (κ2) is 4.17. The van der Waals surface area contributed by atoms with E-state index in [1.165, 1.54) is 36.0 Å². The van der Waals surface area contributed by atoms with Gasteiger partial charge in [0, 0.05) is 24.2 Å². The lowest BCUT2D eigenvalue weighted by Gasteiger charge is -2.04. The fraction of sp³-hybridized carbons (Fsp3) is 0.333. The van der Waals surface area contributed by atoms with Crippen LogP contribution in [0.5, 0.6) is 0 Å². The highest BCUT2D eigenvalue weighted by atomic mass is 15.2. The third-order valence-corrected chi connectivity index (χ3v) is 4.93. The van der Waals surface area contributed by atoms with E-state index in [0.717, 1.165) is 11.6 Å². The minimum atomic E-state index is 0.602. The first kappa shape index (κ1) is 11.5. The van der Waals surface area contributed by atoms with E-state index >= 15 is 0 Å². The van der Waals surface area contributed by atoms with Gasteiger partial charge in [-0.2, -0.15) is 5.10 Å². The van der Waals surface area contributed by atoms with Gasteiger partial charge in [0.15, 0.2) is 5.65 Å². The lowest BCUT2D eigenvalue weighted by molar-refractivity contribution is 0.905. The predicted octanol–water partition coefficient (Wildman–Crippen LogP) is 3.88. The van der Waals surface area contributed by atoms with Crippen molar-refractivity contribution in [2.75, 3.05) is 0 Å². The summed E-state index contributed by atoms with van der Waals surface area (Å²) < 4.78 is 1.88. The molecule has 2 atom stereocenters. The molecule has 3 heteroatoms. The number of nitrogens with zero attached hydrogens (tertiary/aromatic N) is 3. The highest BCUT2D eigenvalue weighted by molar-refractivity contribution is 5.52. The molecule has 2 aromatic heterocycles. The highest BCUT2D eigenvalue weighted by Gasteiger charge is 2.41. The van der Waals surface area contributed by atoms with Crippen LogP contribution in [0.1, 0.15) is 53.7 Å². The molecule has 2 saturated carbocycles. The van der Waals surface area contributed by atoms with Crippen molar-refractivity contribution in [3.8, 4) is 0 Å². The van der Waals surface area contributed by atoms with Gasteiger partial charge in [0.05, 0.1) is 0 Å². The molecule has 3 nitrogen and oxygen atoms in total. The summed E-state index contributed by atoms with van der Waals surface area (Å²) in [4.78, 5) is 4.45. The molecule has 0 radical (unpaired) electrons. The van der Waals surface area contributed by atoms with Crippen molar-refractivity contribution in [2.45, 2.75) is 37.0 Å². The van der Waals surface area contributed by atoms with Crippen LogP contribution in [0.2, 0.25) is 0 Å². The topological polar surface area (TPSA) is 30.2 Å². The number of hydrogen-bond acceptors (Lipinski definition) is 2. The normalized spacial score (nSPS) is 24.4. The van der Waals surface area contributed by atoms with Crippen molar-refractivity contribution in [2.24, 2.45) is 0 Å². The Kier molecular flexibility index (Phi) is 2.28. The average molecular weight is 275 g/mol. The zero-order valence-electron chi connectivity index (χ0n) is 11.8. The molecule has 104 valence electrons. The van der Waals surface area contributed by atoms with Gasteiger partial charge in [-0.25, -0.2) is 9.50 Å². The Balaban J connectivity index is 1.44. The lowest BCUT2D eigenvalue weighted by atomic mass is 10.0. The fourth-order valence-corrected chi connectivity index (χ4v) is 3.49. The quantitative estimate of drug-likeness (QED) is 0.726. The largest absolute Gasteiger partial charge is 0.235 e. The molecule has 2 fully saturated rings. The first-order valence-electron chi connectivity index (χ1n) is 7.78. The molecule has 0 spiro atoms. The molecule has 5 rings (SSSR count). The van der Waals surface area contributed by atoms with Crippen molar-refractivity contribution in [3.63, 3.8) is 0 Å². The van der Waals surface area contributed by atoms with Gasteiger partial charge in [0.1, 0.15) is 0 Å². The fourth-order valence-electron chi connectivity index (χ4n) is 3.49. The SMILES string of the molecule is c1cn2nccc([C@@H]3C[C@H]3c3ccc(C4CC4)cc3)c2n1. The van der Waals surface area contributed by atoms with Crippen LogP contribution in [0.25, 0.3) is 5.65 Å². The van der Waals surface area contributed by atoms with Crippen molar-refractivity contribution < 1.29 is 0 Å². The standard InChI is InChI=1S/C18H17N3/c1-2-12(1)13-3-5-14(6-4-13)16-11-17(16)15-7-8-20-21-10-9-19-18(15)21/h3-10,12,16-17H,1-2,11H2/t16-,17-/m0/s1. The van der Waals surface area contributed by atoms with Crippen LogP contribution in [-0.2, 0) is 0 Å². The van der Waals surface area contributed by atoms with Crippen LogP contribution in [0.15, 0.2) is 48.9 Å². The molecule has 0 N–H and O–H groups in total. The van der Waals surface area contributed by atoms with Crippen molar-refractivity contribution >= 4 is 5.65 Å². The summed E-state index contributed by atoms with van der Waals surface area (Å²) in [7, 11) is 0. The van der Waals surface area contributed by atoms with Crippen LogP contribution in [-0.4, -0.2) is 14.6 Å². The summed E-state index contributed by atoms with van der Waals surface area (Å²) in [5.41, 5.74) is 5.35. The van der Waals surface area contributed by atoms with Gasteiger partial charge in [-0.3, -0.25) is 0 Å². The van der Waals surface area contributed by atoms with Gasteiger partial charge < -0.3 is 0 Å². The molecule has 0 amide bonds. The number of rotatable bonds is 3. The maximum absolute atomic E-state index is 4.45. The van der Waals surface area contributed by atoms with E-state index in [2.05, 4.69) is 40.4 Å². The van der Waals surface area contributed by atoms with E-state index < -0.39 is 0 Å². The number of imidazole rings is 1. The molecule has 2 aliphatic rings. The van der Waals surface area contributed by atoms with Gasteiger partial charge in [-0.05, 0) is 54.2 Å². The molecular weight excluding hydrogens is 258 g/mol. The molecule has 0 aliphatic heterocycles. The molecule has 0 saturated heterocycles. The summed E-state index contributed by atoms with van der Waals surface area (Å²) in [5, 5.41) is 4.30. The minimum Gasteiger partial charge on any atom is -0.235 e. The molecule has 1 aromatic carbocycles. The summed E-state index contributed by atoms with van der Waals surface area (Å²) in [6, 6.07) is 11.5. The third kappa shape index (κ3) is 1.88. The minimum absolute atomic E-state index is 0.602. The molecule has 2 aliphatic carbocycles. The van der Waals surface area contributed by atoms with Crippen LogP contribution < -0.4 is 0 Å². The van der Waals surface area contributed by atoms with Gasteiger partial charge >= 0.3 is 0 Å². The summed E-state index contributed by atoms with van der Waals surface area (Å²) in [5.74, 6) is 2.10. The van der Waals surface area contributed by atoms with Crippen LogP contribution >= 0.6 is 0 Å².